The van der Waals surface area contributed by atoms with Gasteiger partial charge in [-0.05, 0) is 85.4 Å². The minimum absolute atomic E-state index is 0.232. The van der Waals surface area contributed by atoms with Crippen molar-refractivity contribution < 1.29 is 9.53 Å². The largest absolute Gasteiger partial charge is 0.497 e. The Kier molecular flexibility index (Phi) is 5.40. The number of carbonyl (C=O) groups excluding carboxylic acids is 1. The lowest BCUT2D eigenvalue weighted by atomic mass is 9.87. The van der Waals surface area contributed by atoms with E-state index in [1.165, 1.54) is 17.7 Å². The number of hydrogen-bond acceptors (Lipinski definition) is 3. The minimum Gasteiger partial charge on any atom is -0.497 e. The summed E-state index contributed by atoms with van der Waals surface area (Å²) in [6.45, 7) is 2.28. The smallest absolute Gasteiger partial charge is 0.269 e. The normalized spacial score (nSPS) is 15.4. The topological polar surface area (TPSA) is 78.2 Å². The highest BCUT2D eigenvalue weighted by molar-refractivity contribution is 7.80. The Morgan fingerprint density at radius 3 is 2.72 bits per heavy atom. The molecule has 0 spiro atoms. The molecular weight excluding hydrogens is 384 g/mol. The van der Waals surface area contributed by atoms with E-state index in [9.17, 15) is 4.79 Å². The third-order valence-electron chi connectivity index (χ3n) is 5.33. The van der Waals surface area contributed by atoms with Gasteiger partial charge in [-0.2, -0.15) is 0 Å². The van der Waals surface area contributed by atoms with E-state index in [0.717, 1.165) is 35.2 Å². The number of aryl methyl sites for hydroxylation is 1. The van der Waals surface area contributed by atoms with Gasteiger partial charge < -0.3 is 15.0 Å². The molecule has 1 aromatic heterocycles. The number of aromatic nitrogens is 1. The summed E-state index contributed by atoms with van der Waals surface area (Å²) in [4.78, 5) is 16.1. The van der Waals surface area contributed by atoms with E-state index in [4.69, 9.17) is 17.0 Å². The molecule has 1 aliphatic rings. The van der Waals surface area contributed by atoms with Gasteiger partial charge in [-0.15, -0.1) is 0 Å². The number of H-pyrrole nitrogens is 1. The zero-order chi connectivity index (χ0) is 20.4. The van der Waals surface area contributed by atoms with E-state index in [1.807, 2.05) is 42.5 Å². The van der Waals surface area contributed by atoms with Crippen molar-refractivity contribution in [2.45, 2.75) is 26.2 Å². The summed E-state index contributed by atoms with van der Waals surface area (Å²) in [6.07, 6.45) is 3.32. The molecule has 29 heavy (non-hydrogen) atoms. The van der Waals surface area contributed by atoms with Crippen molar-refractivity contribution in [1.82, 2.24) is 15.8 Å². The third-order valence-corrected chi connectivity index (χ3v) is 5.54. The Balaban J connectivity index is 1.40. The Hall–Kier alpha value is -3.06. The van der Waals surface area contributed by atoms with Crippen LogP contribution in [0.2, 0.25) is 0 Å². The van der Waals surface area contributed by atoms with Crippen molar-refractivity contribution in [2.24, 2.45) is 5.92 Å². The van der Waals surface area contributed by atoms with Crippen LogP contribution in [0.3, 0.4) is 0 Å². The highest BCUT2D eigenvalue weighted by Gasteiger charge is 2.20. The van der Waals surface area contributed by atoms with E-state index in [2.05, 4.69) is 28.1 Å². The Bertz CT molecular complexity index is 1060. The quantitative estimate of drug-likeness (QED) is 0.390. The number of methoxy groups -OCH3 is 1. The Morgan fingerprint density at radius 1 is 1.17 bits per heavy atom. The zero-order valence-electron chi connectivity index (χ0n) is 16.5. The van der Waals surface area contributed by atoms with Crippen molar-refractivity contribution in [3.8, 4) is 5.75 Å². The number of hydrazine groups is 1. The maximum Gasteiger partial charge on any atom is 0.269 e. The van der Waals surface area contributed by atoms with Gasteiger partial charge in [0.25, 0.3) is 5.91 Å². The van der Waals surface area contributed by atoms with Crippen LogP contribution in [0.25, 0.3) is 10.9 Å². The highest BCUT2D eigenvalue weighted by Crippen LogP contribution is 2.32. The van der Waals surface area contributed by atoms with Crippen LogP contribution in [-0.2, 0) is 12.8 Å². The fourth-order valence-corrected chi connectivity index (χ4v) is 3.92. The first-order valence-electron chi connectivity index (χ1n) is 9.68. The maximum absolute atomic E-state index is 12.6. The van der Waals surface area contributed by atoms with E-state index >= 15 is 0 Å². The van der Waals surface area contributed by atoms with Crippen LogP contribution in [-0.4, -0.2) is 23.1 Å². The molecule has 1 atom stereocenters. The number of anilines is 1. The van der Waals surface area contributed by atoms with Crippen molar-refractivity contribution in [2.75, 3.05) is 12.4 Å². The van der Waals surface area contributed by atoms with E-state index < -0.39 is 0 Å². The van der Waals surface area contributed by atoms with Crippen LogP contribution in [0.4, 0.5) is 5.69 Å². The summed E-state index contributed by atoms with van der Waals surface area (Å²) in [5.74, 6) is 1.20. The molecule has 1 amide bonds. The van der Waals surface area contributed by atoms with Gasteiger partial charge in [0, 0.05) is 27.8 Å². The number of rotatable bonds is 3. The van der Waals surface area contributed by atoms with Gasteiger partial charge in [-0.1, -0.05) is 6.92 Å². The van der Waals surface area contributed by atoms with Crippen LogP contribution in [0.1, 0.15) is 35.0 Å². The summed E-state index contributed by atoms with van der Waals surface area (Å²) in [5.41, 5.74) is 10.5. The van der Waals surface area contributed by atoms with Gasteiger partial charge in [0.15, 0.2) is 5.11 Å². The molecule has 0 unspecified atom stereocenters. The summed E-state index contributed by atoms with van der Waals surface area (Å²) in [6, 6.07) is 13.1. The molecule has 0 aliphatic heterocycles. The molecule has 3 aromatic rings. The predicted molar refractivity (Wildman–Crippen MR) is 119 cm³/mol. The van der Waals surface area contributed by atoms with Gasteiger partial charge in [0.2, 0.25) is 0 Å². The Morgan fingerprint density at radius 2 is 1.97 bits per heavy atom. The van der Waals surface area contributed by atoms with E-state index in [0.29, 0.717) is 16.6 Å². The van der Waals surface area contributed by atoms with Crippen LogP contribution in [0.15, 0.2) is 42.5 Å². The van der Waals surface area contributed by atoms with Crippen LogP contribution in [0.5, 0.6) is 5.75 Å². The lowest BCUT2D eigenvalue weighted by Crippen LogP contribution is -2.43. The lowest BCUT2D eigenvalue weighted by molar-refractivity contribution is 0.0944. The minimum atomic E-state index is -0.232. The standard InChI is InChI=1S/C22H24N4O2S/c1-13-3-9-19-17(11-13)18-12-14(4-10-20(18)24-19)21(27)25-26-22(29)23-15-5-7-16(28-2)8-6-15/h4-8,10,12-13,24H,3,9,11H2,1-2H3,(H,25,27)(H2,23,26,29)/t13-/m1/s1. The first-order chi connectivity index (χ1) is 14.0. The number of aromatic amines is 1. The molecule has 4 rings (SSSR count). The van der Waals surface area contributed by atoms with Crippen molar-refractivity contribution in [3.05, 3.63) is 59.3 Å². The number of amides is 1. The fourth-order valence-electron chi connectivity index (χ4n) is 3.75. The molecule has 1 heterocycles. The van der Waals surface area contributed by atoms with Gasteiger partial charge in [-0.3, -0.25) is 15.6 Å². The summed E-state index contributed by atoms with van der Waals surface area (Å²) in [5, 5.41) is 4.46. The molecule has 0 bridgehead atoms. The molecule has 150 valence electrons. The molecule has 0 saturated heterocycles. The van der Waals surface area contributed by atoms with Crippen molar-refractivity contribution in [1.29, 1.82) is 0 Å². The SMILES string of the molecule is COc1ccc(NC(=S)NNC(=O)c2ccc3[nH]c4c(c3c2)C[C@H](C)CC4)cc1. The van der Waals surface area contributed by atoms with Gasteiger partial charge >= 0.3 is 0 Å². The second-order valence-electron chi connectivity index (χ2n) is 7.45. The number of carbonyl (C=O) groups is 1. The average Bonchev–Trinajstić information content (AvgIpc) is 3.09. The molecule has 6 nitrogen and oxygen atoms in total. The molecule has 4 N–H and O–H groups in total. The summed E-state index contributed by atoms with van der Waals surface area (Å²) in [7, 11) is 1.62. The molecule has 0 radical (unpaired) electrons. The van der Waals surface area contributed by atoms with Gasteiger partial charge in [0.05, 0.1) is 7.11 Å². The molecule has 2 aromatic carbocycles. The molecule has 0 fully saturated rings. The molecule has 0 saturated carbocycles. The van der Waals surface area contributed by atoms with Gasteiger partial charge in [0.1, 0.15) is 5.75 Å². The highest BCUT2D eigenvalue weighted by atomic mass is 32.1. The first kappa shape index (κ1) is 19.3. The molecule has 1 aliphatic carbocycles. The number of nitrogens with one attached hydrogen (secondary N) is 4. The molecular formula is C22H24N4O2S. The van der Waals surface area contributed by atoms with Crippen molar-refractivity contribution in [3.63, 3.8) is 0 Å². The number of ether oxygens (including phenoxy) is 1. The number of benzene rings is 2. The second kappa shape index (κ2) is 8.13. The van der Waals surface area contributed by atoms with E-state index in [-0.39, 0.29) is 5.91 Å². The van der Waals surface area contributed by atoms with Crippen LogP contribution >= 0.6 is 12.2 Å². The average molecular weight is 409 g/mol. The lowest BCUT2D eigenvalue weighted by Gasteiger charge is -2.18. The predicted octanol–water partition coefficient (Wildman–Crippen LogP) is 3.93. The first-order valence-corrected chi connectivity index (χ1v) is 10.1. The third kappa shape index (κ3) is 4.19. The monoisotopic (exact) mass is 408 g/mol. The van der Waals surface area contributed by atoms with E-state index in [1.54, 1.807) is 7.11 Å². The zero-order valence-corrected chi connectivity index (χ0v) is 17.3. The second-order valence-corrected chi connectivity index (χ2v) is 7.86. The summed E-state index contributed by atoms with van der Waals surface area (Å²) < 4.78 is 5.13. The van der Waals surface area contributed by atoms with Crippen LogP contribution < -0.4 is 20.9 Å². The van der Waals surface area contributed by atoms with Crippen LogP contribution in [0, 0.1) is 5.92 Å². The fraction of sp³-hybridized carbons (Fsp3) is 0.273. The number of hydrogen-bond donors (Lipinski definition) is 4. The maximum atomic E-state index is 12.6. The molecule has 7 heteroatoms. The Labute approximate surface area is 175 Å². The number of thiocarbonyl (C=S) groups is 1. The van der Waals surface area contributed by atoms with Gasteiger partial charge in [-0.25, -0.2) is 0 Å². The van der Waals surface area contributed by atoms with Crippen molar-refractivity contribution >= 4 is 39.8 Å². The number of fused-ring (bicyclic) bond motifs is 3. The summed E-state index contributed by atoms with van der Waals surface area (Å²) >= 11 is 5.25.